The van der Waals surface area contributed by atoms with Gasteiger partial charge >= 0.3 is 0 Å². The van der Waals surface area contributed by atoms with Gasteiger partial charge in [0.1, 0.15) is 5.15 Å². The highest BCUT2D eigenvalue weighted by atomic mass is 35.5. The monoisotopic (exact) mass is 255 g/mol. The van der Waals surface area contributed by atoms with Gasteiger partial charge in [0, 0.05) is 0 Å². The van der Waals surface area contributed by atoms with Crippen molar-refractivity contribution < 1.29 is 9.47 Å². The summed E-state index contributed by atoms with van der Waals surface area (Å²) in [6.07, 6.45) is 2.71. The normalized spacial score (nSPS) is 29.2. The number of hydrogen-bond acceptors (Lipinski definition) is 3. The van der Waals surface area contributed by atoms with Crippen LogP contribution >= 0.6 is 11.6 Å². The van der Waals surface area contributed by atoms with Crippen LogP contribution in [0.5, 0.6) is 0 Å². The molecule has 2 rings (SSSR count). The lowest BCUT2D eigenvalue weighted by molar-refractivity contribution is -0.106. The van der Waals surface area contributed by atoms with Crippen molar-refractivity contribution >= 4 is 11.6 Å². The number of ether oxygens (including phenoxy) is 2. The van der Waals surface area contributed by atoms with Gasteiger partial charge in [-0.15, -0.1) is 0 Å². The Kier molecular flexibility index (Phi) is 4.37. The first-order chi connectivity index (χ1) is 8.13. The summed E-state index contributed by atoms with van der Waals surface area (Å²) in [5.74, 6) is 0. The molecule has 1 aliphatic rings. The van der Waals surface area contributed by atoms with Crippen LogP contribution in [-0.4, -0.2) is 23.3 Å². The zero-order valence-corrected chi connectivity index (χ0v) is 11.0. The van der Waals surface area contributed by atoms with Crippen molar-refractivity contribution in [2.75, 3.05) is 0 Å². The van der Waals surface area contributed by atoms with E-state index in [2.05, 4.69) is 18.8 Å². The van der Waals surface area contributed by atoms with E-state index >= 15 is 0 Å². The summed E-state index contributed by atoms with van der Waals surface area (Å²) in [6.45, 7) is 4.69. The Hall–Kier alpha value is -0.640. The lowest BCUT2D eigenvalue weighted by Gasteiger charge is -2.31. The number of halogens is 1. The van der Waals surface area contributed by atoms with E-state index in [1.54, 1.807) is 6.07 Å². The second kappa shape index (κ2) is 5.80. The molecule has 1 aliphatic heterocycles. The smallest absolute Gasteiger partial charge is 0.129 e. The molecule has 0 bridgehead atoms. The molecule has 0 N–H and O–H groups in total. The minimum atomic E-state index is 0.259. The second-order valence-electron chi connectivity index (χ2n) is 4.61. The SMILES string of the molecule is CC1CC(OCc2cccc(Cl)n2)CC(C)O1. The third-order valence-electron chi connectivity index (χ3n) is 2.89. The van der Waals surface area contributed by atoms with Crippen LogP contribution in [0.3, 0.4) is 0 Å². The van der Waals surface area contributed by atoms with Gasteiger partial charge in [0.25, 0.3) is 0 Å². The first-order valence-corrected chi connectivity index (χ1v) is 6.40. The average molecular weight is 256 g/mol. The molecule has 0 spiro atoms. The molecular weight excluding hydrogens is 238 g/mol. The lowest BCUT2D eigenvalue weighted by atomic mass is 10.0. The Bertz CT molecular complexity index is 362. The molecule has 0 aliphatic carbocycles. The third kappa shape index (κ3) is 3.95. The largest absolute Gasteiger partial charge is 0.375 e. The summed E-state index contributed by atoms with van der Waals surface area (Å²) in [6, 6.07) is 5.59. The molecule has 17 heavy (non-hydrogen) atoms. The summed E-state index contributed by atoms with van der Waals surface area (Å²) < 4.78 is 11.5. The van der Waals surface area contributed by atoms with Crippen LogP contribution in [0.15, 0.2) is 18.2 Å². The number of pyridine rings is 1. The molecule has 1 aromatic rings. The van der Waals surface area contributed by atoms with Crippen molar-refractivity contribution in [3.05, 3.63) is 29.0 Å². The van der Waals surface area contributed by atoms with Crippen molar-refractivity contribution in [2.45, 2.75) is 51.6 Å². The van der Waals surface area contributed by atoms with E-state index in [1.165, 1.54) is 0 Å². The second-order valence-corrected chi connectivity index (χ2v) is 5.00. The van der Waals surface area contributed by atoms with Crippen LogP contribution in [0.2, 0.25) is 5.15 Å². The van der Waals surface area contributed by atoms with Gasteiger partial charge in [0.05, 0.1) is 30.6 Å². The molecule has 0 radical (unpaired) electrons. The van der Waals surface area contributed by atoms with Crippen LogP contribution < -0.4 is 0 Å². The van der Waals surface area contributed by atoms with Gasteiger partial charge in [-0.2, -0.15) is 0 Å². The highest BCUT2D eigenvalue weighted by Gasteiger charge is 2.24. The molecule has 2 unspecified atom stereocenters. The van der Waals surface area contributed by atoms with Crippen LogP contribution in [0, 0.1) is 0 Å². The fraction of sp³-hybridized carbons (Fsp3) is 0.615. The van der Waals surface area contributed by atoms with E-state index < -0.39 is 0 Å². The van der Waals surface area contributed by atoms with Crippen molar-refractivity contribution in [1.29, 1.82) is 0 Å². The molecule has 1 saturated heterocycles. The van der Waals surface area contributed by atoms with Gasteiger partial charge in [-0.1, -0.05) is 17.7 Å². The molecule has 1 fully saturated rings. The highest BCUT2D eigenvalue weighted by Crippen LogP contribution is 2.22. The molecule has 4 heteroatoms. The average Bonchev–Trinajstić information content (AvgIpc) is 2.25. The minimum absolute atomic E-state index is 0.259. The number of rotatable bonds is 3. The van der Waals surface area contributed by atoms with Crippen LogP contribution in [-0.2, 0) is 16.1 Å². The maximum atomic E-state index is 5.86. The van der Waals surface area contributed by atoms with E-state index in [1.807, 2.05) is 12.1 Å². The topological polar surface area (TPSA) is 31.4 Å². The predicted octanol–water partition coefficient (Wildman–Crippen LogP) is 3.21. The fourth-order valence-corrected chi connectivity index (χ4v) is 2.40. The maximum Gasteiger partial charge on any atom is 0.129 e. The predicted molar refractivity (Wildman–Crippen MR) is 67.1 cm³/mol. The van der Waals surface area contributed by atoms with E-state index in [4.69, 9.17) is 21.1 Å². The summed E-state index contributed by atoms with van der Waals surface area (Å²) in [5.41, 5.74) is 0.879. The number of aromatic nitrogens is 1. The fourth-order valence-electron chi connectivity index (χ4n) is 2.21. The van der Waals surface area contributed by atoms with Gasteiger partial charge in [-0.25, -0.2) is 4.98 Å². The first-order valence-electron chi connectivity index (χ1n) is 6.02. The van der Waals surface area contributed by atoms with E-state index in [-0.39, 0.29) is 18.3 Å². The lowest BCUT2D eigenvalue weighted by Crippen LogP contribution is -2.34. The zero-order valence-electron chi connectivity index (χ0n) is 10.2. The molecule has 0 saturated carbocycles. The van der Waals surface area contributed by atoms with E-state index in [9.17, 15) is 0 Å². The van der Waals surface area contributed by atoms with Gasteiger partial charge in [-0.3, -0.25) is 0 Å². The molecule has 2 heterocycles. The van der Waals surface area contributed by atoms with Gasteiger partial charge in [-0.05, 0) is 38.8 Å². The van der Waals surface area contributed by atoms with Gasteiger partial charge < -0.3 is 9.47 Å². The molecule has 0 amide bonds. The molecule has 3 nitrogen and oxygen atoms in total. The van der Waals surface area contributed by atoms with Crippen molar-refractivity contribution in [3.63, 3.8) is 0 Å². The Balaban J connectivity index is 1.85. The number of hydrogen-bond donors (Lipinski definition) is 0. The zero-order chi connectivity index (χ0) is 12.3. The summed E-state index contributed by atoms with van der Waals surface area (Å²) in [7, 11) is 0. The van der Waals surface area contributed by atoms with Gasteiger partial charge in [0.15, 0.2) is 0 Å². The van der Waals surface area contributed by atoms with E-state index in [0.717, 1.165) is 18.5 Å². The Morgan fingerprint density at radius 1 is 1.35 bits per heavy atom. The Morgan fingerprint density at radius 3 is 2.71 bits per heavy atom. The van der Waals surface area contributed by atoms with Crippen LogP contribution in [0.4, 0.5) is 0 Å². The van der Waals surface area contributed by atoms with Crippen LogP contribution in [0.1, 0.15) is 32.4 Å². The van der Waals surface area contributed by atoms with Gasteiger partial charge in [0.2, 0.25) is 0 Å². The van der Waals surface area contributed by atoms with Crippen LogP contribution in [0.25, 0.3) is 0 Å². The van der Waals surface area contributed by atoms with Crippen molar-refractivity contribution in [3.8, 4) is 0 Å². The minimum Gasteiger partial charge on any atom is -0.375 e. The molecule has 0 aromatic carbocycles. The Morgan fingerprint density at radius 2 is 2.06 bits per heavy atom. The Labute approximate surface area is 107 Å². The third-order valence-corrected chi connectivity index (χ3v) is 3.10. The summed E-state index contributed by atoms with van der Waals surface area (Å²) >= 11 is 5.83. The van der Waals surface area contributed by atoms with E-state index in [0.29, 0.717) is 11.8 Å². The number of nitrogens with zero attached hydrogens (tertiary/aromatic N) is 1. The molecule has 94 valence electrons. The van der Waals surface area contributed by atoms with Crippen molar-refractivity contribution in [2.24, 2.45) is 0 Å². The maximum absolute atomic E-state index is 5.86. The molecule has 2 atom stereocenters. The molecule has 1 aromatic heterocycles. The highest BCUT2D eigenvalue weighted by molar-refractivity contribution is 6.29. The summed E-state index contributed by atoms with van der Waals surface area (Å²) in [4.78, 5) is 4.20. The first kappa shape index (κ1) is 12.8. The quantitative estimate of drug-likeness (QED) is 0.778. The summed E-state index contributed by atoms with van der Waals surface area (Å²) in [5, 5.41) is 0.514. The molecular formula is C13H18ClNO2. The standard InChI is InChI=1S/C13H18ClNO2/c1-9-6-12(7-10(2)17-9)16-8-11-4-3-5-13(14)15-11/h3-5,9-10,12H,6-8H2,1-2H3. The van der Waals surface area contributed by atoms with Crippen molar-refractivity contribution in [1.82, 2.24) is 4.98 Å².